The molecule has 0 spiro atoms. The molecule has 2 nitrogen and oxygen atoms in total. The first-order chi connectivity index (χ1) is 7.74. The highest BCUT2D eigenvalue weighted by Gasteiger charge is 2.18. The molecular formula is C12H7Br2NO. The lowest BCUT2D eigenvalue weighted by Gasteiger charge is -2.22. The number of para-hydroxylation sites is 1. The van der Waals surface area contributed by atoms with E-state index in [2.05, 4.69) is 37.2 Å². The van der Waals surface area contributed by atoms with Gasteiger partial charge in [0, 0.05) is 4.47 Å². The van der Waals surface area contributed by atoms with Gasteiger partial charge < -0.3 is 10.1 Å². The van der Waals surface area contributed by atoms with Crippen molar-refractivity contribution in [3.63, 3.8) is 0 Å². The standard InChI is InChI=1S/C12H7Br2NO/c13-7-4-5-11-10(6-7)15-9-3-1-2-8(14)12(9)16-11/h1-6,15H. The number of nitrogens with one attached hydrogen (secondary N) is 1. The number of hydrogen-bond acceptors (Lipinski definition) is 2. The molecule has 0 saturated heterocycles. The van der Waals surface area contributed by atoms with E-state index in [1.165, 1.54) is 0 Å². The minimum absolute atomic E-state index is 0.831. The van der Waals surface area contributed by atoms with Gasteiger partial charge in [-0.05, 0) is 46.3 Å². The molecule has 0 saturated carbocycles. The molecule has 0 amide bonds. The maximum atomic E-state index is 5.83. The minimum Gasteiger partial charge on any atom is -0.452 e. The number of fused-ring (bicyclic) bond motifs is 2. The molecule has 0 aromatic heterocycles. The Balaban J connectivity index is 2.13. The molecular weight excluding hydrogens is 334 g/mol. The summed E-state index contributed by atoms with van der Waals surface area (Å²) in [4.78, 5) is 0. The van der Waals surface area contributed by atoms with Crippen molar-refractivity contribution in [1.29, 1.82) is 0 Å². The average molecular weight is 341 g/mol. The summed E-state index contributed by atoms with van der Waals surface area (Å²) in [5, 5.41) is 3.34. The fourth-order valence-electron chi connectivity index (χ4n) is 1.65. The van der Waals surface area contributed by atoms with E-state index in [1.54, 1.807) is 0 Å². The number of anilines is 2. The van der Waals surface area contributed by atoms with Gasteiger partial charge in [-0.15, -0.1) is 0 Å². The molecule has 1 N–H and O–H groups in total. The van der Waals surface area contributed by atoms with Gasteiger partial charge in [0.1, 0.15) is 0 Å². The van der Waals surface area contributed by atoms with Gasteiger partial charge in [-0.25, -0.2) is 0 Å². The molecule has 80 valence electrons. The first-order valence-electron chi connectivity index (χ1n) is 4.77. The zero-order valence-corrected chi connectivity index (χ0v) is 11.3. The van der Waals surface area contributed by atoms with Crippen LogP contribution in [0, 0.1) is 0 Å². The molecule has 2 aromatic carbocycles. The lowest BCUT2D eigenvalue weighted by atomic mass is 10.2. The number of hydrogen-bond donors (Lipinski definition) is 1. The summed E-state index contributed by atoms with van der Waals surface area (Å²) in [5.41, 5.74) is 1.94. The van der Waals surface area contributed by atoms with E-state index in [9.17, 15) is 0 Å². The molecule has 0 fully saturated rings. The van der Waals surface area contributed by atoms with Gasteiger partial charge in [0.05, 0.1) is 15.8 Å². The van der Waals surface area contributed by atoms with Crippen molar-refractivity contribution in [2.75, 3.05) is 5.32 Å². The lowest BCUT2D eigenvalue weighted by Crippen LogP contribution is -2.02. The molecule has 1 heterocycles. The van der Waals surface area contributed by atoms with Gasteiger partial charge in [-0.1, -0.05) is 22.0 Å². The largest absolute Gasteiger partial charge is 0.452 e. The summed E-state index contributed by atoms with van der Waals surface area (Å²) in [5.74, 6) is 1.67. The Hall–Kier alpha value is -1.00. The van der Waals surface area contributed by atoms with Gasteiger partial charge in [-0.3, -0.25) is 0 Å². The van der Waals surface area contributed by atoms with Crippen LogP contribution in [0.3, 0.4) is 0 Å². The maximum Gasteiger partial charge on any atom is 0.165 e. The van der Waals surface area contributed by atoms with Crippen molar-refractivity contribution in [3.05, 3.63) is 45.3 Å². The minimum atomic E-state index is 0.831. The summed E-state index contributed by atoms with van der Waals surface area (Å²) in [6.45, 7) is 0. The summed E-state index contributed by atoms with van der Waals surface area (Å²) in [6.07, 6.45) is 0. The topological polar surface area (TPSA) is 21.3 Å². The Labute approximate surface area is 110 Å². The van der Waals surface area contributed by atoms with E-state index >= 15 is 0 Å². The number of ether oxygens (including phenoxy) is 1. The Morgan fingerprint density at radius 2 is 1.88 bits per heavy atom. The van der Waals surface area contributed by atoms with Crippen molar-refractivity contribution in [3.8, 4) is 11.5 Å². The second-order valence-electron chi connectivity index (χ2n) is 3.48. The molecule has 3 rings (SSSR count). The van der Waals surface area contributed by atoms with Crippen molar-refractivity contribution in [1.82, 2.24) is 0 Å². The van der Waals surface area contributed by atoms with Crippen LogP contribution >= 0.6 is 31.9 Å². The molecule has 0 aliphatic carbocycles. The molecule has 0 atom stereocenters. The third kappa shape index (κ3) is 1.62. The fraction of sp³-hybridized carbons (Fsp3) is 0. The van der Waals surface area contributed by atoms with E-state index in [4.69, 9.17) is 4.74 Å². The van der Waals surface area contributed by atoms with E-state index in [0.717, 1.165) is 31.8 Å². The Morgan fingerprint density at radius 3 is 2.75 bits per heavy atom. The molecule has 16 heavy (non-hydrogen) atoms. The summed E-state index contributed by atoms with van der Waals surface area (Å²) >= 11 is 6.91. The Morgan fingerprint density at radius 1 is 1.00 bits per heavy atom. The molecule has 4 heteroatoms. The number of halogens is 2. The van der Waals surface area contributed by atoms with Gasteiger partial charge in [-0.2, -0.15) is 0 Å². The van der Waals surface area contributed by atoms with E-state index in [-0.39, 0.29) is 0 Å². The highest BCUT2D eigenvalue weighted by atomic mass is 79.9. The van der Waals surface area contributed by atoms with Crippen molar-refractivity contribution < 1.29 is 4.74 Å². The molecule has 0 radical (unpaired) electrons. The van der Waals surface area contributed by atoms with E-state index in [1.807, 2.05) is 36.4 Å². The van der Waals surface area contributed by atoms with Crippen molar-refractivity contribution in [2.24, 2.45) is 0 Å². The SMILES string of the molecule is Brc1ccc2c(c1)Nc1cccc(Br)c1O2. The van der Waals surface area contributed by atoms with Gasteiger partial charge in [0.25, 0.3) is 0 Å². The maximum absolute atomic E-state index is 5.83. The normalized spacial score (nSPS) is 12.1. The smallest absolute Gasteiger partial charge is 0.165 e. The van der Waals surface area contributed by atoms with E-state index < -0.39 is 0 Å². The zero-order valence-electron chi connectivity index (χ0n) is 8.13. The highest BCUT2D eigenvalue weighted by molar-refractivity contribution is 9.10. The summed E-state index contributed by atoms with van der Waals surface area (Å²) in [7, 11) is 0. The van der Waals surface area contributed by atoms with Crippen LogP contribution in [0.5, 0.6) is 11.5 Å². The fourth-order valence-corrected chi connectivity index (χ4v) is 2.46. The second kappa shape index (κ2) is 3.79. The van der Waals surface area contributed by atoms with Crippen molar-refractivity contribution >= 4 is 43.2 Å². The number of rotatable bonds is 0. The zero-order chi connectivity index (χ0) is 11.1. The average Bonchev–Trinajstić information content (AvgIpc) is 2.27. The van der Waals surface area contributed by atoms with Gasteiger partial charge >= 0.3 is 0 Å². The van der Waals surface area contributed by atoms with Crippen LogP contribution in [0.4, 0.5) is 11.4 Å². The monoisotopic (exact) mass is 339 g/mol. The molecule has 1 aliphatic rings. The lowest BCUT2D eigenvalue weighted by molar-refractivity contribution is 0.478. The molecule has 0 bridgehead atoms. The van der Waals surface area contributed by atoms with Crippen LogP contribution in [0.25, 0.3) is 0 Å². The highest BCUT2D eigenvalue weighted by Crippen LogP contribution is 2.45. The van der Waals surface area contributed by atoms with Gasteiger partial charge in [0.2, 0.25) is 0 Å². The summed E-state index contributed by atoms with van der Waals surface area (Å²) < 4.78 is 7.81. The van der Waals surface area contributed by atoms with Crippen LogP contribution in [0.1, 0.15) is 0 Å². The van der Waals surface area contributed by atoms with Crippen LogP contribution < -0.4 is 10.1 Å². The molecule has 1 aliphatic heterocycles. The number of benzene rings is 2. The van der Waals surface area contributed by atoms with Crippen molar-refractivity contribution in [2.45, 2.75) is 0 Å². The molecule has 2 aromatic rings. The Kier molecular flexibility index (Phi) is 2.41. The van der Waals surface area contributed by atoms with Crippen LogP contribution in [0.15, 0.2) is 45.3 Å². The van der Waals surface area contributed by atoms with Gasteiger partial charge in [0.15, 0.2) is 11.5 Å². The van der Waals surface area contributed by atoms with Crippen LogP contribution in [0.2, 0.25) is 0 Å². The van der Waals surface area contributed by atoms with Crippen LogP contribution in [-0.4, -0.2) is 0 Å². The predicted molar refractivity (Wildman–Crippen MR) is 71.6 cm³/mol. The molecule has 0 unspecified atom stereocenters. The van der Waals surface area contributed by atoms with E-state index in [0.29, 0.717) is 0 Å². The third-order valence-corrected chi connectivity index (χ3v) is 3.51. The summed E-state index contributed by atoms with van der Waals surface area (Å²) in [6, 6.07) is 11.8. The second-order valence-corrected chi connectivity index (χ2v) is 5.25. The first-order valence-corrected chi connectivity index (χ1v) is 6.35. The van der Waals surface area contributed by atoms with Crippen LogP contribution in [-0.2, 0) is 0 Å². The predicted octanol–water partition coefficient (Wildman–Crippen LogP) is 5.06. The first kappa shape index (κ1) is 10.2. The third-order valence-electron chi connectivity index (χ3n) is 2.39. The quantitative estimate of drug-likeness (QED) is 0.617. The Bertz CT molecular complexity index is 569.